The van der Waals surface area contributed by atoms with Crippen molar-refractivity contribution < 1.29 is 18.9 Å². The van der Waals surface area contributed by atoms with Crippen LogP contribution in [0.5, 0.6) is 0 Å². The van der Waals surface area contributed by atoms with Gasteiger partial charge in [-0.1, -0.05) is 29.8 Å². The second kappa shape index (κ2) is 7.59. The van der Waals surface area contributed by atoms with Gasteiger partial charge in [0.25, 0.3) is 5.24 Å². The molecule has 25 heavy (non-hydrogen) atoms. The highest BCUT2D eigenvalue weighted by Gasteiger charge is 2.41. The van der Waals surface area contributed by atoms with E-state index in [1.165, 1.54) is 4.90 Å². The molecule has 3 rings (SSSR count). The van der Waals surface area contributed by atoms with E-state index >= 15 is 0 Å². The standard InChI is InChI=1S/C17H23N3O4S/c1-10-12(11(2)24-19-10)7-8-15(21)18-13-5-3-4-6-14(13)20-16(22)9-25-17(20)23/h13-14H,3-9H2,1-2H3,(H,18,21). The van der Waals surface area contributed by atoms with E-state index in [-0.39, 0.29) is 34.9 Å². The van der Waals surface area contributed by atoms with Crippen molar-refractivity contribution in [3.8, 4) is 0 Å². The lowest BCUT2D eigenvalue weighted by atomic mass is 9.89. The number of carbonyl (C=O) groups excluding carboxylic acids is 3. The molecule has 2 heterocycles. The number of aryl methyl sites for hydroxylation is 2. The minimum Gasteiger partial charge on any atom is -0.361 e. The molecule has 1 saturated heterocycles. The second-order valence-electron chi connectivity index (χ2n) is 6.65. The summed E-state index contributed by atoms with van der Waals surface area (Å²) in [6, 6.07) is -0.371. The first-order valence-electron chi connectivity index (χ1n) is 8.67. The molecular formula is C17H23N3O4S. The molecule has 1 N–H and O–H groups in total. The van der Waals surface area contributed by atoms with E-state index in [1.807, 2.05) is 13.8 Å². The maximum atomic E-state index is 12.4. The van der Waals surface area contributed by atoms with Gasteiger partial charge < -0.3 is 9.84 Å². The third-order valence-electron chi connectivity index (χ3n) is 4.98. The highest BCUT2D eigenvalue weighted by atomic mass is 32.2. The van der Waals surface area contributed by atoms with Gasteiger partial charge >= 0.3 is 0 Å². The molecule has 8 heteroatoms. The fourth-order valence-electron chi connectivity index (χ4n) is 3.65. The Morgan fingerprint density at radius 2 is 2.08 bits per heavy atom. The summed E-state index contributed by atoms with van der Waals surface area (Å²) in [4.78, 5) is 37.8. The number of nitrogens with zero attached hydrogens (tertiary/aromatic N) is 2. The molecule has 2 unspecified atom stereocenters. The molecule has 7 nitrogen and oxygen atoms in total. The lowest BCUT2D eigenvalue weighted by Crippen LogP contribution is -2.54. The van der Waals surface area contributed by atoms with Crippen molar-refractivity contribution >= 4 is 28.8 Å². The summed E-state index contributed by atoms with van der Waals surface area (Å²) in [5, 5.41) is 6.76. The Morgan fingerprint density at radius 1 is 1.32 bits per heavy atom. The van der Waals surface area contributed by atoms with Crippen LogP contribution in [0.3, 0.4) is 0 Å². The first kappa shape index (κ1) is 18.0. The van der Waals surface area contributed by atoms with Gasteiger partial charge in [-0.2, -0.15) is 0 Å². The molecule has 136 valence electrons. The van der Waals surface area contributed by atoms with Gasteiger partial charge in [0.2, 0.25) is 11.8 Å². The summed E-state index contributed by atoms with van der Waals surface area (Å²) < 4.78 is 5.12. The van der Waals surface area contributed by atoms with Crippen LogP contribution in [0.1, 0.15) is 49.1 Å². The van der Waals surface area contributed by atoms with Gasteiger partial charge in [-0.05, 0) is 33.1 Å². The van der Waals surface area contributed by atoms with Gasteiger partial charge in [0.1, 0.15) is 5.76 Å². The number of amides is 3. The van der Waals surface area contributed by atoms with Crippen molar-refractivity contribution in [2.24, 2.45) is 0 Å². The molecule has 2 aliphatic rings. The first-order chi connectivity index (χ1) is 12.0. The molecule has 1 aliphatic heterocycles. The number of imide groups is 1. The van der Waals surface area contributed by atoms with Crippen LogP contribution in [0.25, 0.3) is 0 Å². The summed E-state index contributed by atoms with van der Waals surface area (Å²) >= 11 is 1.05. The lowest BCUT2D eigenvalue weighted by Gasteiger charge is -2.36. The van der Waals surface area contributed by atoms with Crippen LogP contribution in [0.2, 0.25) is 0 Å². The monoisotopic (exact) mass is 365 g/mol. The molecule has 2 fully saturated rings. The Balaban J connectivity index is 1.60. The molecule has 1 aromatic rings. The predicted octanol–water partition coefficient (Wildman–Crippen LogP) is 2.35. The Kier molecular flexibility index (Phi) is 5.46. The summed E-state index contributed by atoms with van der Waals surface area (Å²) in [6.45, 7) is 3.70. The van der Waals surface area contributed by atoms with Crippen LogP contribution in [0, 0.1) is 13.8 Å². The highest BCUT2D eigenvalue weighted by molar-refractivity contribution is 8.14. The Hall–Kier alpha value is -1.83. The molecule has 1 saturated carbocycles. The van der Waals surface area contributed by atoms with Crippen LogP contribution >= 0.6 is 11.8 Å². The van der Waals surface area contributed by atoms with Crippen molar-refractivity contribution in [1.29, 1.82) is 0 Å². The number of rotatable bonds is 5. The van der Waals surface area contributed by atoms with Crippen LogP contribution < -0.4 is 5.32 Å². The average Bonchev–Trinajstić information content (AvgIpc) is 3.08. The van der Waals surface area contributed by atoms with Crippen molar-refractivity contribution in [1.82, 2.24) is 15.4 Å². The largest absolute Gasteiger partial charge is 0.361 e. The van der Waals surface area contributed by atoms with Crippen LogP contribution in [-0.2, 0) is 16.0 Å². The molecule has 1 aliphatic carbocycles. The Labute approximate surface area is 150 Å². The van der Waals surface area contributed by atoms with Crippen molar-refractivity contribution in [3.63, 3.8) is 0 Å². The van der Waals surface area contributed by atoms with Gasteiger partial charge in [0.05, 0.1) is 17.5 Å². The van der Waals surface area contributed by atoms with Gasteiger partial charge in [0.15, 0.2) is 0 Å². The van der Waals surface area contributed by atoms with Gasteiger partial charge in [-0.15, -0.1) is 0 Å². The molecule has 0 radical (unpaired) electrons. The van der Waals surface area contributed by atoms with Crippen LogP contribution in [-0.4, -0.2) is 44.9 Å². The SMILES string of the molecule is Cc1noc(C)c1CCC(=O)NC1CCCCC1N1C(=O)CSC1=O. The average molecular weight is 365 g/mol. The van der Waals surface area contributed by atoms with E-state index in [9.17, 15) is 14.4 Å². The molecule has 0 spiro atoms. The summed E-state index contributed by atoms with van der Waals surface area (Å²) in [6.07, 6.45) is 4.42. The number of aromatic nitrogens is 1. The predicted molar refractivity (Wildman–Crippen MR) is 93.2 cm³/mol. The second-order valence-corrected chi connectivity index (χ2v) is 7.57. The number of nitrogens with one attached hydrogen (secondary N) is 1. The zero-order chi connectivity index (χ0) is 18.0. The van der Waals surface area contributed by atoms with Crippen LogP contribution in [0.15, 0.2) is 4.52 Å². The molecule has 0 bridgehead atoms. The molecule has 0 aromatic carbocycles. The minimum atomic E-state index is -0.216. The number of hydrogen-bond acceptors (Lipinski definition) is 6. The van der Waals surface area contributed by atoms with Crippen molar-refractivity contribution in [3.05, 3.63) is 17.0 Å². The van der Waals surface area contributed by atoms with E-state index < -0.39 is 0 Å². The van der Waals surface area contributed by atoms with Gasteiger partial charge in [-0.25, -0.2) is 0 Å². The third kappa shape index (κ3) is 3.89. The van der Waals surface area contributed by atoms with E-state index in [0.29, 0.717) is 12.8 Å². The van der Waals surface area contributed by atoms with E-state index in [4.69, 9.17) is 4.52 Å². The lowest BCUT2D eigenvalue weighted by molar-refractivity contribution is -0.129. The fraction of sp³-hybridized carbons (Fsp3) is 0.647. The van der Waals surface area contributed by atoms with E-state index in [0.717, 1.165) is 54.5 Å². The Bertz CT molecular complexity index is 652. The molecular weight excluding hydrogens is 342 g/mol. The number of thioether (sulfide) groups is 1. The first-order valence-corrected chi connectivity index (χ1v) is 9.66. The number of carbonyl (C=O) groups is 3. The molecule has 2 atom stereocenters. The minimum absolute atomic E-state index is 0.0661. The van der Waals surface area contributed by atoms with Crippen molar-refractivity contribution in [2.45, 2.75) is 64.5 Å². The van der Waals surface area contributed by atoms with Crippen molar-refractivity contribution in [2.75, 3.05) is 5.75 Å². The Morgan fingerprint density at radius 3 is 2.72 bits per heavy atom. The van der Waals surface area contributed by atoms with Crippen LogP contribution in [0.4, 0.5) is 4.79 Å². The number of hydrogen-bond donors (Lipinski definition) is 1. The summed E-state index contributed by atoms with van der Waals surface area (Å²) in [5.74, 6) is 0.744. The van der Waals surface area contributed by atoms with E-state index in [1.54, 1.807) is 0 Å². The zero-order valence-electron chi connectivity index (χ0n) is 14.5. The summed E-state index contributed by atoms with van der Waals surface area (Å²) in [5.41, 5.74) is 1.78. The molecule has 3 amide bonds. The highest BCUT2D eigenvalue weighted by Crippen LogP contribution is 2.30. The smallest absolute Gasteiger partial charge is 0.289 e. The van der Waals surface area contributed by atoms with Gasteiger partial charge in [0, 0.05) is 18.0 Å². The van der Waals surface area contributed by atoms with E-state index in [2.05, 4.69) is 10.5 Å². The topological polar surface area (TPSA) is 92.5 Å². The van der Waals surface area contributed by atoms with Gasteiger partial charge in [-0.3, -0.25) is 19.3 Å². The third-order valence-corrected chi connectivity index (χ3v) is 5.81. The summed E-state index contributed by atoms with van der Waals surface area (Å²) in [7, 11) is 0. The maximum Gasteiger partial charge on any atom is 0.289 e. The fourth-order valence-corrected chi connectivity index (χ4v) is 4.41. The molecule has 1 aromatic heterocycles. The quantitative estimate of drug-likeness (QED) is 0.861. The maximum absolute atomic E-state index is 12.4. The normalized spacial score (nSPS) is 24.0. The zero-order valence-corrected chi connectivity index (χ0v) is 15.4.